The highest BCUT2D eigenvalue weighted by Gasteiger charge is 2.28. The van der Waals surface area contributed by atoms with E-state index in [1.54, 1.807) is 4.57 Å². The van der Waals surface area contributed by atoms with Gasteiger partial charge in [-0.1, -0.05) is 6.07 Å². The van der Waals surface area contributed by atoms with Gasteiger partial charge in [-0.05, 0) is 37.1 Å². The first-order valence-corrected chi connectivity index (χ1v) is 8.08. The molecule has 1 aromatic carbocycles. The van der Waals surface area contributed by atoms with E-state index in [-0.39, 0.29) is 23.2 Å². The minimum atomic E-state index is -3.80. The lowest BCUT2D eigenvalue weighted by Gasteiger charge is -2.06. The molecule has 7 heteroatoms. The van der Waals surface area contributed by atoms with E-state index in [9.17, 15) is 17.9 Å². The third-order valence-corrected chi connectivity index (χ3v) is 4.74. The Hall–Kier alpha value is -1.86. The van der Waals surface area contributed by atoms with Crippen molar-refractivity contribution in [2.45, 2.75) is 30.4 Å². The van der Waals surface area contributed by atoms with Gasteiger partial charge in [-0.15, -0.1) is 0 Å². The summed E-state index contributed by atoms with van der Waals surface area (Å²) in [5, 5.41) is 9.31. The number of aromatic nitrogens is 1. The molecular weight excluding hydrogens is 295 g/mol. The molecule has 1 aromatic heterocycles. The van der Waals surface area contributed by atoms with Gasteiger partial charge < -0.3 is 9.67 Å². The van der Waals surface area contributed by atoms with E-state index >= 15 is 0 Å². The van der Waals surface area contributed by atoms with Crippen molar-refractivity contribution in [3.8, 4) is 0 Å². The molecule has 1 heterocycles. The summed E-state index contributed by atoms with van der Waals surface area (Å²) in [4.78, 5) is 0.0720. The zero-order valence-electron chi connectivity index (χ0n) is 11.2. The number of benzene rings is 1. The molecule has 0 atom stereocenters. The Morgan fingerprint density at radius 3 is 2.71 bits per heavy atom. The minimum Gasteiger partial charge on any atom is -0.390 e. The van der Waals surface area contributed by atoms with Crippen molar-refractivity contribution in [1.29, 1.82) is 0 Å². The summed E-state index contributed by atoms with van der Waals surface area (Å²) in [6.07, 6.45) is 3.49. The van der Waals surface area contributed by atoms with E-state index < -0.39 is 15.8 Å². The van der Waals surface area contributed by atoms with Crippen LogP contribution in [-0.2, 0) is 16.6 Å². The second-order valence-corrected chi connectivity index (χ2v) is 6.76. The van der Waals surface area contributed by atoms with E-state index in [1.807, 2.05) is 0 Å². The molecule has 0 unspecified atom stereocenters. The summed E-state index contributed by atoms with van der Waals surface area (Å²) in [7, 11) is -3.80. The Morgan fingerprint density at radius 1 is 1.33 bits per heavy atom. The quantitative estimate of drug-likeness (QED) is 0.890. The monoisotopic (exact) mass is 310 g/mol. The van der Waals surface area contributed by atoms with Crippen LogP contribution in [0.4, 0.5) is 10.1 Å². The first kappa shape index (κ1) is 14.1. The standard InChI is InChI=1S/C14H15FN2O3S/c15-10-2-1-3-11(6-10)16-21(19,20)14-7-13(9-18)17(8-14)12-4-5-12/h1-3,6-8,12,16,18H,4-5,9H2. The summed E-state index contributed by atoms with van der Waals surface area (Å²) in [5.74, 6) is -0.512. The van der Waals surface area contributed by atoms with Crippen LogP contribution in [0.25, 0.3) is 0 Å². The molecule has 0 aliphatic heterocycles. The van der Waals surface area contributed by atoms with Crippen LogP contribution in [0.5, 0.6) is 0 Å². The lowest BCUT2D eigenvalue weighted by Crippen LogP contribution is -2.12. The van der Waals surface area contributed by atoms with E-state index in [2.05, 4.69) is 4.72 Å². The molecule has 1 saturated carbocycles. The second-order valence-electron chi connectivity index (χ2n) is 5.08. The molecule has 5 nitrogen and oxygen atoms in total. The van der Waals surface area contributed by atoms with E-state index in [0.717, 1.165) is 18.9 Å². The van der Waals surface area contributed by atoms with Crippen LogP contribution in [0.15, 0.2) is 41.4 Å². The normalized spacial score (nSPS) is 15.1. The average Bonchev–Trinajstić information content (AvgIpc) is 3.16. The Morgan fingerprint density at radius 2 is 2.10 bits per heavy atom. The summed E-state index contributed by atoms with van der Waals surface area (Å²) >= 11 is 0. The summed E-state index contributed by atoms with van der Waals surface area (Å²) < 4.78 is 41.9. The predicted molar refractivity (Wildman–Crippen MR) is 75.8 cm³/mol. The molecule has 0 bridgehead atoms. The Labute approximate surface area is 122 Å². The smallest absolute Gasteiger partial charge is 0.263 e. The fourth-order valence-corrected chi connectivity index (χ4v) is 3.33. The zero-order chi connectivity index (χ0) is 15.0. The number of hydrogen-bond acceptors (Lipinski definition) is 3. The largest absolute Gasteiger partial charge is 0.390 e. The first-order chi connectivity index (χ1) is 9.99. The van der Waals surface area contributed by atoms with Crippen molar-refractivity contribution >= 4 is 15.7 Å². The minimum absolute atomic E-state index is 0.0720. The van der Waals surface area contributed by atoms with Crippen molar-refractivity contribution in [2.75, 3.05) is 4.72 Å². The number of anilines is 1. The van der Waals surface area contributed by atoms with Crippen molar-refractivity contribution in [1.82, 2.24) is 4.57 Å². The van der Waals surface area contributed by atoms with Gasteiger partial charge in [-0.2, -0.15) is 0 Å². The van der Waals surface area contributed by atoms with Gasteiger partial charge in [0.15, 0.2) is 0 Å². The van der Waals surface area contributed by atoms with Crippen LogP contribution in [0.3, 0.4) is 0 Å². The van der Waals surface area contributed by atoms with Gasteiger partial charge in [0.2, 0.25) is 0 Å². The Kier molecular flexibility index (Phi) is 3.46. The number of aliphatic hydroxyl groups excluding tert-OH is 1. The molecule has 0 radical (unpaired) electrons. The van der Waals surface area contributed by atoms with Crippen molar-refractivity contribution in [3.63, 3.8) is 0 Å². The number of hydrogen-bond donors (Lipinski definition) is 2. The maximum absolute atomic E-state index is 13.1. The molecule has 21 heavy (non-hydrogen) atoms. The number of sulfonamides is 1. The Bertz CT molecular complexity index is 766. The summed E-state index contributed by atoms with van der Waals surface area (Å²) in [6.45, 7) is -0.216. The lowest BCUT2D eigenvalue weighted by atomic mass is 10.3. The molecule has 112 valence electrons. The predicted octanol–water partition coefficient (Wildman–Crippen LogP) is 2.26. The number of halogens is 1. The number of rotatable bonds is 5. The van der Waals surface area contributed by atoms with Gasteiger partial charge in [0.25, 0.3) is 10.0 Å². The van der Waals surface area contributed by atoms with Gasteiger partial charge in [0.1, 0.15) is 10.7 Å². The van der Waals surface area contributed by atoms with Gasteiger partial charge in [0.05, 0.1) is 12.3 Å². The highest BCUT2D eigenvalue weighted by molar-refractivity contribution is 7.92. The van der Waals surface area contributed by atoms with Crippen LogP contribution in [0.2, 0.25) is 0 Å². The van der Waals surface area contributed by atoms with Crippen LogP contribution >= 0.6 is 0 Å². The maximum atomic E-state index is 13.1. The average molecular weight is 310 g/mol. The number of nitrogens with zero attached hydrogens (tertiary/aromatic N) is 1. The van der Waals surface area contributed by atoms with Crippen molar-refractivity contribution in [2.24, 2.45) is 0 Å². The lowest BCUT2D eigenvalue weighted by molar-refractivity contribution is 0.270. The molecule has 2 N–H and O–H groups in total. The van der Waals surface area contributed by atoms with Crippen LogP contribution in [0.1, 0.15) is 24.6 Å². The molecule has 1 aliphatic carbocycles. The van der Waals surface area contributed by atoms with Crippen LogP contribution < -0.4 is 4.72 Å². The summed E-state index contributed by atoms with van der Waals surface area (Å²) in [5.41, 5.74) is 0.733. The second kappa shape index (κ2) is 5.16. The van der Waals surface area contributed by atoms with Gasteiger partial charge in [-0.25, -0.2) is 12.8 Å². The highest BCUT2D eigenvalue weighted by Crippen LogP contribution is 2.37. The van der Waals surface area contributed by atoms with Crippen LogP contribution in [-0.4, -0.2) is 18.1 Å². The van der Waals surface area contributed by atoms with Gasteiger partial charge >= 0.3 is 0 Å². The molecule has 2 aromatic rings. The third kappa shape index (κ3) is 2.93. The summed E-state index contributed by atoms with van der Waals surface area (Å²) in [6, 6.07) is 6.98. The highest BCUT2D eigenvalue weighted by atomic mass is 32.2. The first-order valence-electron chi connectivity index (χ1n) is 6.59. The van der Waals surface area contributed by atoms with E-state index in [0.29, 0.717) is 5.69 Å². The third-order valence-electron chi connectivity index (χ3n) is 3.40. The molecular formula is C14H15FN2O3S. The van der Waals surface area contributed by atoms with Crippen molar-refractivity contribution < 1.29 is 17.9 Å². The van der Waals surface area contributed by atoms with E-state index in [4.69, 9.17) is 0 Å². The molecule has 0 amide bonds. The molecule has 3 rings (SSSR count). The van der Waals surface area contributed by atoms with E-state index in [1.165, 1.54) is 30.5 Å². The fourth-order valence-electron chi connectivity index (χ4n) is 2.23. The molecule has 1 aliphatic rings. The van der Waals surface area contributed by atoms with Gasteiger partial charge in [-0.3, -0.25) is 4.72 Å². The van der Waals surface area contributed by atoms with Crippen molar-refractivity contribution in [3.05, 3.63) is 48.0 Å². The fraction of sp³-hybridized carbons (Fsp3) is 0.286. The van der Waals surface area contributed by atoms with Crippen LogP contribution in [0, 0.1) is 5.82 Å². The topological polar surface area (TPSA) is 71.3 Å². The Balaban J connectivity index is 1.91. The number of nitrogens with one attached hydrogen (secondary N) is 1. The maximum Gasteiger partial charge on any atom is 0.263 e. The molecule has 0 spiro atoms. The zero-order valence-corrected chi connectivity index (χ0v) is 12.0. The molecule has 0 saturated heterocycles. The SMILES string of the molecule is O=S(=O)(Nc1cccc(F)c1)c1cc(CO)n(C2CC2)c1. The number of aliphatic hydroxyl groups is 1. The van der Waals surface area contributed by atoms with Gasteiger partial charge in [0, 0.05) is 17.9 Å². The molecule has 1 fully saturated rings.